The summed E-state index contributed by atoms with van der Waals surface area (Å²) in [6.45, 7) is 1.50. The summed E-state index contributed by atoms with van der Waals surface area (Å²) in [6, 6.07) is 7.22. The zero-order chi connectivity index (χ0) is 26.6. The Hall–Kier alpha value is -3.69. The molecule has 1 aliphatic rings. The Balaban J connectivity index is 1.05. The zero-order valence-electron chi connectivity index (χ0n) is 20.6. The molecule has 6 N–H and O–H groups in total. The predicted octanol–water partition coefficient (Wildman–Crippen LogP) is 1.29. The third kappa shape index (κ3) is 5.58. The van der Waals surface area contributed by atoms with Gasteiger partial charge in [0, 0.05) is 29.7 Å². The molecular formula is C24H29N9O4S. The number of hydrogen-bond acceptors (Lipinski definition) is 11. The molecule has 4 aromatic rings. The van der Waals surface area contributed by atoms with Gasteiger partial charge >= 0.3 is 6.03 Å². The van der Waals surface area contributed by atoms with Gasteiger partial charge in [0.15, 0.2) is 17.7 Å². The third-order valence-corrected chi connectivity index (χ3v) is 6.95. The molecule has 0 bridgehead atoms. The van der Waals surface area contributed by atoms with Crippen LogP contribution < -0.4 is 16.4 Å². The maximum atomic E-state index is 12.2. The number of carbonyl (C=O) groups excluding carboxylic acids is 1. The SMILES string of the molecule is CN(CCCNC(=O)Nc1ccc(-c2cscn2)cc1)C[C@H]1O[C@@H](n2cnc3c(N)ncnc32)[C@H](O)[C@@H]1O. The first-order valence-corrected chi connectivity index (χ1v) is 13.0. The first kappa shape index (κ1) is 25.9. The van der Waals surface area contributed by atoms with Gasteiger partial charge in [0.2, 0.25) is 0 Å². The van der Waals surface area contributed by atoms with Crippen molar-refractivity contribution in [3.8, 4) is 11.3 Å². The first-order valence-electron chi connectivity index (χ1n) is 12.1. The molecule has 0 unspecified atom stereocenters. The van der Waals surface area contributed by atoms with Crippen LogP contribution in [0.3, 0.4) is 0 Å². The highest BCUT2D eigenvalue weighted by atomic mass is 32.1. The van der Waals surface area contributed by atoms with Gasteiger partial charge < -0.3 is 36.2 Å². The van der Waals surface area contributed by atoms with Crippen molar-refractivity contribution in [1.29, 1.82) is 0 Å². The van der Waals surface area contributed by atoms with Crippen molar-refractivity contribution in [1.82, 2.24) is 34.7 Å². The number of rotatable bonds is 9. The number of aromatic nitrogens is 5. The van der Waals surface area contributed by atoms with E-state index in [1.165, 1.54) is 24.0 Å². The number of likely N-dealkylation sites (N-methyl/N-ethyl adjacent to an activating group) is 1. The summed E-state index contributed by atoms with van der Waals surface area (Å²) in [5, 5.41) is 28.9. The molecule has 1 aliphatic heterocycles. The number of amides is 2. The number of imidazole rings is 1. The van der Waals surface area contributed by atoms with Crippen molar-refractivity contribution in [3.05, 3.63) is 47.8 Å². The number of thiazole rings is 1. The van der Waals surface area contributed by atoms with E-state index in [0.29, 0.717) is 42.9 Å². The van der Waals surface area contributed by atoms with Crippen LogP contribution in [0.2, 0.25) is 0 Å². The number of nitrogen functional groups attached to an aromatic ring is 1. The van der Waals surface area contributed by atoms with Crippen LogP contribution in [0.25, 0.3) is 22.4 Å². The minimum Gasteiger partial charge on any atom is -0.387 e. The fourth-order valence-corrected chi connectivity index (χ4v) is 4.93. The third-order valence-electron chi connectivity index (χ3n) is 6.36. The molecule has 38 heavy (non-hydrogen) atoms. The number of aliphatic hydroxyl groups is 2. The molecule has 4 atom stereocenters. The van der Waals surface area contributed by atoms with Crippen molar-refractivity contribution in [2.75, 3.05) is 37.7 Å². The topological polar surface area (TPSA) is 177 Å². The fourth-order valence-electron chi connectivity index (χ4n) is 4.37. The van der Waals surface area contributed by atoms with E-state index in [-0.39, 0.29) is 11.8 Å². The number of nitrogens with two attached hydrogens (primary N) is 1. The van der Waals surface area contributed by atoms with Crippen molar-refractivity contribution in [2.24, 2.45) is 0 Å². The van der Waals surface area contributed by atoms with Crippen molar-refractivity contribution in [3.63, 3.8) is 0 Å². The number of nitrogens with zero attached hydrogens (tertiary/aromatic N) is 6. The number of hydrogen-bond donors (Lipinski definition) is 5. The maximum absolute atomic E-state index is 12.2. The van der Waals surface area contributed by atoms with Crippen LogP contribution in [0, 0.1) is 0 Å². The summed E-state index contributed by atoms with van der Waals surface area (Å²) in [7, 11) is 1.89. The quantitative estimate of drug-likeness (QED) is 0.195. The van der Waals surface area contributed by atoms with Gasteiger partial charge in [-0.3, -0.25) is 4.57 Å². The molecule has 1 fully saturated rings. The number of urea groups is 1. The van der Waals surface area contributed by atoms with E-state index < -0.39 is 24.5 Å². The number of anilines is 2. The average Bonchev–Trinajstić information content (AvgIpc) is 3.65. The molecule has 14 heteroatoms. The Labute approximate surface area is 222 Å². The lowest BCUT2D eigenvalue weighted by Crippen LogP contribution is -2.39. The summed E-state index contributed by atoms with van der Waals surface area (Å²) >= 11 is 1.54. The van der Waals surface area contributed by atoms with E-state index in [1.54, 1.807) is 10.1 Å². The second-order valence-corrected chi connectivity index (χ2v) is 9.80. The van der Waals surface area contributed by atoms with Crippen LogP contribution in [0.1, 0.15) is 12.6 Å². The van der Waals surface area contributed by atoms with Crippen LogP contribution in [0.5, 0.6) is 0 Å². The van der Waals surface area contributed by atoms with Gasteiger partial charge in [0.25, 0.3) is 0 Å². The van der Waals surface area contributed by atoms with Gasteiger partial charge in [-0.2, -0.15) is 0 Å². The molecule has 0 aliphatic carbocycles. The van der Waals surface area contributed by atoms with Crippen LogP contribution in [-0.4, -0.2) is 90.6 Å². The second-order valence-electron chi connectivity index (χ2n) is 9.08. The van der Waals surface area contributed by atoms with Gasteiger partial charge in [0.1, 0.15) is 30.2 Å². The lowest BCUT2D eigenvalue weighted by atomic mass is 10.1. The van der Waals surface area contributed by atoms with E-state index in [1.807, 2.05) is 41.6 Å². The Bertz CT molecular complexity index is 1370. The van der Waals surface area contributed by atoms with E-state index in [9.17, 15) is 15.0 Å². The molecule has 200 valence electrons. The highest BCUT2D eigenvalue weighted by molar-refractivity contribution is 7.07. The molecular weight excluding hydrogens is 510 g/mol. The fraction of sp³-hybridized carbons (Fsp3) is 0.375. The molecule has 5 rings (SSSR count). The van der Waals surface area contributed by atoms with Crippen LogP contribution in [-0.2, 0) is 4.74 Å². The van der Waals surface area contributed by atoms with Gasteiger partial charge in [-0.25, -0.2) is 24.7 Å². The van der Waals surface area contributed by atoms with Gasteiger partial charge in [-0.05, 0) is 32.1 Å². The Morgan fingerprint density at radius 2 is 2.00 bits per heavy atom. The van der Waals surface area contributed by atoms with Gasteiger partial charge in [-0.1, -0.05) is 12.1 Å². The molecule has 4 heterocycles. The lowest BCUT2D eigenvalue weighted by Gasteiger charge is -2.22. The summed E-state index contributed by atoms with van der Waals surface area (Å²) < 4.78 is 7.54. The van der Waals surface area contributed by atoms with E-state index in [2.05, 4.69) is 30.6 Å². The summed E-state index contributed by atoms with van der Waals surface area (Å²) in [5.74, 6) is 0.227. The number of aliphatic hydroxyl groups excluding tert-OH is 2. The van der Waals surface area contributed by atoms with Gasteiger partial charge in [0.05, 0.1) is 17.5 Å². The van der Waals surface area contributed by atoms with Crippen LogP contribution in [0.4, 0.5) is 16.3 Å². The number of benzene rings is 1. The van der Waals surface area contributed by atoms with E-state index >= 15 is 0 Å². The van der Waals surface area contributed by atoms with E-state index in [4.69, 9.17) is 10.5 Å². The molecule has 3 aromatic heterocycles. The summed E-state index contributed by atoms with van der Waals surface area (Å²) in [6.07, 6.45) is -0.276. The lowest BCUT2D eigenvalue weighted by molar-refractivity contribution is -0.0421. The highest BCUT2D eigenvalue weighted by Gasteiger charge is 2.44. The smallest absolute Gasteiger partial charge is 0.319 e. The molecule has 13 nitrogen and oxygen atoms in total. The summed E-state index contributed by atoms with van der Waals surface area (Å²) in [5.41, 5.74) is 11.0. The van der Waals surface area contributed by atoms with Crippen molar-refractivity contribution >= 4 is 40.0 Å². The number of carbonyl (C=O) groups is 1. The zero-order valence-corrected chi connectivity index (χ0v) is 21.5. The molecule has 0 saturated carbocycles. The average molecular weight is 540 g/mol. The monoisotopic (exact) mass is 539 g/mol. The number of ether oxygens (including phenoxy) is 1. The Kier molecular flexibility index (Phi) is 7.76. The second kappa shape index (κ2) is 11.4. The molecule has 1 saturated heterocycles. The minimum absolute atomic E-state index is 0.227. The van der Waals surface area contributed by atoms with E-state index in [0.717, 1.165) is 11.3 Å². The number of nitrogens with one attached hydrogen (secondary N) is 2. The first-order chi connectivity index (χ1) is 18.4. The van der Waals surface area contributed by atoms with Gasteiger partial charge in [-0.15, -0.1) is 11.3 Å². The normalized spacial score (nSPS) is 21.3. The largest absolute Gasteiger partial charge is 0.387 e. The molecule has 0 radical (unpaired) electrons. The molecule has 1 aromatic carbocycles. The maximum Gasteiger partial charge on any atom is 0.319 e. The highest BCUT2D eigenvalue weighted by Crippen LogP contribution is 2.32. The predicted molar refractivity (Wildman–Crippen MR) is 142 cm³/mol. The Morgan fingerprint density at radius 1 is 1.18 bits per heavy atom. The Morgan fingerprint density at radius 3 is 2.76 bits per heavy atom. The van der Waals surface area contributed by atoms with Crippen LogP contribution in [0.15, 0.2) is 47.8 Å². The molecule has 0 spiro atoms. The summed E-state index contributed by atoms with van der Waals surface area (Å²) in [4.78, 5) is 30.8. The standard InChI is InChI=1S/C24H29N9O4S/c1-32(8-2-7-26-24(36)31-15-5-3-14(4-6-15)16-10-38-13-30-16)9-17-19(34)20(35)23(37-17)33-12-29-18-21(25)27-11-28-22(18)33/h3-6,10-13,17,19-20,23,34-35H,2,7-9H2,1H3,(H2,25,27,28)(H2,26,31,36)/t17-,19-,20-,23-/m1/s1. The number of fused-ring (bicyclic) bond motifs is 1. The molecule has 2 amide bonds. The van der Waals surface area contributed by atoms with Crippen LogP contribution >= 0.6 is 11.3 Å². The van der Waals surface area contributed by atoms with Crippen molar-refractivity contribution < 1.29 is 19.7 Å². The minimum atomic E-state index is -1.16. The van der Waals surface area contributed by atoms with Crippen molar-refractivity contribution in [2.45, 2.75) is 31.0 Å².